The number of unbranched alkanes of at least 4 members (excludes halogenated alkanes) is 3. The van der Waals surface area contributed by atoms with Crippen molar-refractivity contribution in [1.29, 1.82) is 0 Å². The average Bonchev–Trinajstić information content (AvgIpc) is 2.83. The maximum absolute atomic E-state index is 13.2. The molecular weight excluding hydrogens is 279 g/mol. The third kappa shape index (κ3) is 3.78. The molecule has 1 aromatic rings. The molecule has 1 unspecified atom stereocenters. The van der Waals surface area contributed by atoms with Crippen LogP contribution >= 0.6 is 0 Å². The Balaban J connectivity index is 2.21. The van der Waals surface area contributed by atoms with Gasteiger partial charge in [-0.1, -0.05) is 32.6 Å². The van der Waals surface area contributed by atoms with Crippen molar-refractivity contribution in [2.24, 2.45) is 0 Å². The van der Waals surface area contributed by atoms with Crippen LogP contribution in [0.15, 0.2) is 0 Å². The molecule has 1 aliphatic heterocycles. The van der Waals surface area contributed by atoms with Crippen LogP contribution in [0.3, 0.4) is 0 Å². The molecular formula is C15H24F3N3. The van der Waals surface area contributed by atoms with Gasteiger partial charge in [0.15, 0.2) is 0 Å². The molecule has 0 spiro atoms. The van der Waals surface area contributed by atoms with Crippen LogP contribution in [0.25, 0.3) is 0 Å². The minimum atomic E-state index is -4.38. The molecule has 0 saturated carbocycles. The Morgan fingerprint density at radius 1 is 1.29 bits per heavy atom. The highest BCUT2D eigenvalue weighted by molar-refractivity contribution is 5.22. The lowest BCUT2D eigenvalue weighted by Gasteiger charge is -2.22. The maximum Gasteiger partial charge on any atom is 0.449 e. The molecule has 21 heavy (non-hydrogen) atoms. The number of hydrogen-bond acceptors (Lipinski definition) is 2. The molecule has 120 valence electrons. The van der Waals surface area contributed by atoms with Gasteiger partial charge in [-0.05, 0) is 13.3 Å². The van der Waals surface area contributed by atoms with E-state index in [4.69, 9.17) is 0 Å². The molecule has 2 heterocycles. The van der Waals surface area contributed by atoms with Crippen LogP contribution in [0.2, 0.25) is 0 Å². The van der Waals surface area contributed by atoms with Gasteiger partial charge >= 0.3 is 6.18 Å². The molecule has 0 radical (unpaired) electrons. The molecule has 0 aromatic carbocycles. The molecule has 1 N–H and O–H groups in total. The van der Waals surface area contributed by atoms with E-state index in [0.717, 1.165) is 44.3 Å². The average molecular weight is 303 g/mol. The molecule has 1 aliphatic rings. The van der Waals surface area contributed by atoms with Crippen LogP contribution in [0.1, 0.15) is 69.2 Å². The molecule has 1 atom stereocenters. The minimum Gasteiger partial charge on any atom is -0.321 e. The van der Waals surface area contributed by atoms with Crippen molar-refractivity contribution in [2.75, 3.05) is 6.54 Å². The highest BCUT2D eigenvalue weighted by Crippen LogP contribution is 2.34. The zero-order chi connectivity index (χ0) is 15.5. The zero-order valence-electron chi connectivity index (χ0n) is 12.8. The number of halogens is 3. The topological polar surface area (TPSA) is 29.9 Å². The Kier molecular flexibility index (Phi) is 5.30. The van der Waals surface area contributed by atoms with E-state index in [1.165, 1.54) is 4.57 Å². The highest BCUT2D eigenvalue weighted by atomic mass is 19.4. The molecule has 0 bridgehead atoms. The summed E-state index contributed by atoms with van der Waals surface area (Å²) in [5.74, 6) is -0.723. The van der Waals surface area contributed by atoms with Gasteiger partial charge in [-0.2, -0.15) is 13.2 Å². The number of alkyl halides is 3. The molecule has 0 amide bonds. The van der Waals surface area contributed by atoms with E-state index >= 15 is 0 Å². The summed E-state index contributed by atoms with van der Waals surface area (Å²) in [7, 11) is 0. The van der Waals surface area contributed by atoms with Gasteiger partial charge in [0.05, 0.1) is 5.69 Å². The number of rotatable bonds is 6. The van der Waals surface area contributed by atoms with Crippen LogP contribution in [0.5, 0.6) is 0 Å². The summed E-state index contributed by atoms with van der Waals surface area (Å²) < 4.78 is 41.1. The summed E-state index contributed by atoms with van der Waals surface area (Å²) in [6.45, 7) is 5.17. The van der Waals surface area contributed by atoms with Gasteiger partial charge in [-0.15, -0.1) is 0 Å². The monoisotopic (exact) mass is 303 g/mol. The van der Waals surface area contributed by atoms with Crippen LogP contribution in [-0.4, -0.2) is 16.1 Å². The molecule has 6 heteroatoms. The van der Waals surface area contributed by atoms with Gasteiger partial charge in [-0.25, -0.2) is 4.98 Å². The standard InChI is InChI=1S/C15H24F3N3/c1-3-4-5-6-7-11(2)21-13-8-9-19-10-12(13)20-14(21)15(16,17)18/h11,19H,3-10H2,1-2H3. The van der Waals surface area contributed by atoms with Crippen molar-refractivity contribution >= 4 is 0 Å². The first-order valence-electron chi connectivity index (χ1n) is 7.83. The Morgan fingerprint density at radius 2 is 2.05 bits per heavy atom. The summed E-state index contributed by atoms with van der Waals surface area (Å²) >= 11 is 0. The van der Waals surface area contributed by atoms with E-state index in [1.807, 2.05) is 6.92 Å². The summed E-state index contributed by atoms with van der Waals surface area (Å²) in [6, 6.07) is -0.146. The van der Waals surface area contributed by atoms with E-state index in [2.05, 4.69) is 17.2 Å². The Morgan fingerprint density at radius 3 is 2.71 bits per heavy atom. The summed E-state index contributed by atoms with van der Waals surface area (Å²) in [5, 5.41) is 3.09. The predicted molar refractivity (Wildman–Crippen MR) is 76.1 cm³/mol. The van der Waals surface area contributed by atoms with Gasteiger partial charge in [0, 0.05) is 31.2 Å². The fourth-order valence-electron chi connectivity index (χ4n) is 3.00. The number of fused-ring (bicyclic) bond motifs is 1. The molecule has 3 nitrogen and oxygen atoms in total. The first-order valence-corrected chi connectivity index (χ1v) is 7.83. The molecule has 2 rings (SSSR count). The Hall–Kier alpha value is -1.04. The minimum absolute atomic E-state index is 0.146. The normalized spacial score (nSPS) is 16.8. The van der Waals surface area contributed by atoms with E-state index in [1.54, 1.807) is 0 Å². The Labute approximate surface area is 123 Å². The van der Waals surface area contributed by atoms with Gasteiger partial charge < -0.3 is 9.88 Å². The number of imidazole rings is 1. The lowest BCUT2D eigenvalue weighted by Crippen LogP contribution is -2.26. The first-order chi connectivity index (χ1) is 9.95. The first kappa shape index (κ1) is 16.3. The van der Waals surface area contributed by atoms with Crippen LogP contribution in [0, 0.1) is 0 Å². The number of nitrogens with zero attached hydrogens (tertiary/aromatic N) is 2. The van der Waals surface area contributed by atoms with Crippen molar-refractivity contribution in [3.8, 4) is 0 Å². The van der Waals surface area contributed by atoms with Crippen LogP contribution < -0.4 is 5.32 Å². The molecule has 0 fully saturated rings. The molecule has 0 aliphatic carbocycles. The summed E-state index contributed by atoms with van der Waals surface area (Å²) in [4.78, 5) is 3.86. The molecule has 0 saturated heterocycles. The summed E-state index contributed by atoms with van der Waals surface area (Å²) in [5.41, 5.74) is 1.33. The Bertz CT molecular complexity index is 465. The van der Waals surface area contributed by atoms with Crippen molar-refractivity contribution in [3.05, 3.63) is 17.2 Å². The number of hydrogen-bond donors (Lipinski definition) is 1. The lowest BCUT2D eigenvalue weighted by molar-refractivity contribution is -0.148. The van der Waals surface area contributed by atoms with Gasteiger partial charge in [0.2, 0.25) is 5.82 Å². The van der Waals surface area contributed by atoms with E-state index < -0.39 is 12.0 Å². The van der Waals surface area contributed by atoms with Crippen molar-refractivity contribution < 1.29 is 13.2 Å². The second-order valence-corrected chi connectivity index (χ2v) is 5.82. The number of aromatic nitrogens is 2. The largest absolute Gasteiger partial charge is 0.449 e. The maximum atomic E-state index is 13.2. The zero-order valence-corrected chi connectivity index (χ0v) is 12.8. The summed E-state index contributed by atoms with van der Waals surface area (Å²) in [6.07, 6.45) is 1.35. The highest BCUT2D eigenvalue weighted by Gasteiger charge is 2.40. The van der Waals surface area contributed by atoms with E-state index in [9.17, 15) is 13.2 Å². The molecule has 1 aromatic heterocycles. The fourth-order valence-corrected chi connectivity index (χ4v) is 3.00. The smallest absolute Gasteiger partial charge is 0.321 e. The lowest BCUT2D eigenvalue weighted by atomic mass is 10.1. The van der Waals surface area contributed by atoms with Gasteiger partial charge in [0.1, 0.15) is 0 Å². The van der Waals surface area contributed by atoms with Crippen molar-refractivity contribution in [3.63, 3.8) is 0 Å². The van der Waals surface area contributed by atoms with Crippen LogP contribution in [0.4, 0.5) is 13.2 Å². The quantitative estimate of drug-likeness (QED) is 0.803. The van der Waals surface area contributed by atoms with Gasteiger partial charge in [0.25, 0.3) is 0 Å². The second kappa shape index (κ2) is 6.81. The number of nitrogens with one attached hydrogen (secondary N) is 1. The van der Waals surface area contributed by atoms with Crippen molar-refractivity contribution in [2.45, 2.75) is 71.1 Å². The van der Waals surface area contributed by atoms with E-state index in [-0.39, 0.29) is 6.04 Å². The third-order valence-corrected chi connectivity index (χ3v) is 4.09. The third-order valence-electron chi connectivity index (χ3n) is 4.09. The van der Waals surface area contributed by atoms with Gasteiger partial charge in [-0.3, -0.25) is 0 Å². The predicted octanol–water partition coefficient (Wildman–Crippen LogP) is 4.08. The fraction of sp³-hybridized carbons (Fsp3) is 0.800. The van der Waals surface area contributed by atoms with E-state index in [0.29, 0.717) is 18.7 Å². The second-order valence-electron chi connectivity index (χ2n) is 5.82. The van der Waals surface area contributed by atoms with Crippen LogP contribution in [-0.2, 0) is 19.1 Å². The van der Waals surface area contributed by atoms with Crippen molar-refractivity contribution in [1.82, 2.24) is 14.9 Å². The SMILES string of the molecule is CCCCCCC(C)n1c(C(F)(F)F)nc2c1CCNC2.